The Hall–Kier alpha value is -1.91. The molecule has 0 radical (unpaired) electrons. The fourth-order valence-corrected chi connectivity index (χ4v) is 2.88. The Morgan fingerprint density at radius 3 is 2.73 bits per heavy atom. The van der Waals surface area contributed by atoms with E-state index < -0.39 is 0 Å². The van der Waals surface area contributed by atoms with Crippen LogP contribution in [-0.4, -0.2) is 40.3 Å². The van der Waals surface area contributed by atoms with Crippen molar-refractivity contribution in [2.45, 2.75) is 58.5 Å². The number of aromatic nitrogens is 1. The van der Waals surface area contributed by atoms with Crippen LogP contribution in [0.3, 0.4) is 0 Å². The van der Waals surface area contributed by atoms with Gasteiger partial charge in [-0.05, 0) is 45.6 Å². The van der Waals surface area contributed by atoms with Crippen LogP contribution in [0.2, 0.25) is 0 Å². The Morgan fingerprint density at radius 2 is 2.05 bits per heavy atom. The van der Waals surface area contributed by atoms with Crippen molar-refractivity contribution < 1.29 is 9.59 Å². The molecule has 22 heavy (non-hydrogen) atoms. The molecule has 1 aliphatic rings. The summed E-state index contributed by atoms with van der Waals surface area (Å²) in [6, 6.07) is 2.00. The Morgan fingerprint density at radius 1 is 1.32 bits per heavy atom. The molecule has 0 aliphatic carbocycles. The molecule has 0 bridgehead atoms. The summed E-state index contributed by atoms with van der Waals surface area (Å²) in [4.78, 5) is 30.8. The molecule has 1 fully saturated rings. The number of piperidine rings is 1. The molecule has 2 heterocycles. The van der Waals surface area contributed by atoms with Crippen LogP contribution in [0.15, 0.2) is 18.5 Å². The number of carbonyl (C=O) groups excluding carboxylic acids is 2. The van der Waals surface area contributed by atoms with Gasteiger partial charge in [0.1, 0.15) is 0 Å². The maximum atomic E-state index is 12.7. The zero-order valence-electron chi connectivity index (χ0n) is 13.6. The molecular formula is C17H25N3O2. The summed E-state index contributed by atoms with van der Waals surface area (Å²) in [5.41, 5.74) is 0.932. The van der Waals surface area contributed by atoms with Crippen LogP contribution in [0.4, 0.5) is 0 Å². The lowest BCUT2D eigenvalue weighted by Crippen LogP contribution is -2.43. The second-order valence-corrected chi connectivity index (χ2v) is 6.15. The highest BCUT2D eigenvalue weighted by atomic mass is 16.2. The van der Waals surface area contributed by atoms with Crippen LogP contribution in [0.5, 0.6) is 0 Å². The van der Waals surface area contributed by atoms with Gasteiger partial charge in [-0.1, -0.05) is 6.92 Å². The normalized spacial score (nSPS) is 18.4. The summed E-state index contributed by atoms with van der Waals surface area (Å²) < 4.78 is 0. The van der Waals surface area contributed by atoms with Crippen LogP contribution in [0.25, 0.3) is 0 Å². The third-order valence-electron chi connectivity index (χ3n) is 4.03. The molecule has 1 aromatic heterocycles. The van der Waals surface area contributed by atoms with Gasteiger partial charge in [-0.2, -0.15) is 0 Å². The monoisotopic (exact) mass is 303 g/mol. The number of amides is 2. The highest BCUT2D eigenvalue weighted by Crippen LogP contribution is 2.21. The van der Waals surface area contributed by atoms with E-state index in [0.717, 1.165) is 25.8 Å². The molecule has 0 saturated carbocycles. The lowest BCUT2D eigenvalue weighted by atomic mass is 9.99. The SMILES string of the molecule is CCC1CCCCN1C(=O)c1cncc(C(=O)NC(C)C)c1. The van der Waals surface area contributed by atoms with Gasteiger partial charge in [0.05, 0.1) is 11.1 Å². The third kappa shape index (κ3) is 3.84. The van der Waals surface area contributed by atoms with Crippen molar-refractivity contribution in [1.82, 2.24) is 15.2 Å². The summed E-state index contributed by atoms with van der Waals surface area (Å²) in [6.07, 6.45) is 7.30. The van der Waals surface area contributed by atoms with E-state index in [4.69, 9.17) is 0 Å². The maximum Gasteiger partial charge on any atom is 0.255 e. The minimum absolute atomic E-state index is 0.0155. The van der Waals surface area contributed by atoms with E-state index >= 15 is 0 Å². The predicted molar refractivity (Wildman–Crippen MR) is 85.8 cm³/mol. The molecule has 1 atom stereocenters. The van der Waals surface area contributed by atoms with Crippen molar-refractivity contribution in [3.05, 3.63) is 29.6 Å². The smallest absolute Gasteiger partial charge is 0.255 e. The van der Waals surface area contributed by atoms with E-state index in [1.165, 1.54) is 12.6 Å². The molecule has 1 saturated heterocycles. The van der Waals surface area contributed by atoms with Gasteiger partial charge in [-0.15, -0.1) is 0 Å². The van der Waals surface area contributed by atoms with Crippen LogP contribution in [-0.2, 0) is 0 Å². The van der Waals surface area contributed by atoms with Crippen LogP contribution in [0, 0.1) is 0 Å². The first kappa shape index (κ1) is 16.5. The van der Waals surface area contributed by atoms with Crippen LogP contribution < -0.4 is 5.32 Å². The zero-order valence-corrected chi connectivity index (χ0v) is 13.6. The Kier molecular flexibility index (Phi) is 5.52. The Bertz CT molecular complexity index is 542. The molecule has 1 aliphatic heterocycles. The van der Waals surface area contributed by atoms with E-state index in [1.807, 2.05) is 18.7 Å². The van der Waals surface area contributed by atoms with Gasteiger partial charge >= 0.3 is 0 Å². The topological polar surface area (TPSA) is 62.3 Å². The quantitative estimate of drug-likeness (QED) is 0.930. The maximum absolute atomic E-state index is 12.7. The number of likely N-dealkylation sites (tertiary alicyclic amines) is 1. The van der Waals surface area contributed by atoms with Crippen molar-refractivity contribution in [3.8, 4) is 0 Å². The van der Waals surface area contributed by atoms with Crippen molar-refractivity contribution in [2.75, 3.05) is 6.54 Å². The molecule has 1 N–H and O–H groups in total. The van der Waals surface area contributed by atoms with Gasteiger partial charge in [0.15, 0.2) is 0 Å². The third-order valence-corrected chi connectivity index (χ3v) is 4.03. The van der Waals surface area contributed by atoms with Gasteiger partial charge in [0, 0.05) is 31.0 Å². The van der Waals surface area contributed by atoms with Crippen LogP contribution >= 0.6 is 0 Å². The first-order valence-electron chi connectivity index (χ1n) is 8.09. The Labute approximate surface area is 132 Å². The minimum atomic E-state index is -0.192. The number of hydrogen-bond acceptors (Lipinski definition) is 3. The van der Waals surface area contributed by atoms with Crippen molar-refractivity contribution in [2.24, 2.45) is 0 Å². The van der Waals surface area contributed by atoms with Gasteiger partial charge in [0.25, 0.3) is 11.8 Å². The standard InChI is InChI=1S/C17H25N3O2/c1-4-15-7-5-6-8-20(15)17(22)14-9-13(10-18-11-14)16(21)19-12(2)3/h9-12,15H,4-8H2,1-3H3,(H,19,21). The summed E-state index contributed by atoms with van der Waals surface area (Å²) in [7, 11) is 0. The summed E-state index contributed by atoms with van der Waals surface area (Å²) in [5.74, 6) is -0.207. The molecule has 1 aromatic rings. The summed E-state index contributed by atoms with van der Waals surface area (Å²) in [6.45, 7) is 6.71. The highest BCUT2D eigenvalue weighted by molar-refractivity contribution is 5.99. The molecular weight excluding hydrogens is 278 g/mol. The second kappa shape index (κ2) is 7.38. The molecule has 5 heteroatoms. The van der Waals surface area contributed by atoms with E-state index in [2.05, 4.69) is 17.2 Å². The predicted octanol–water partition coefficient (Wildman–Crippen LogP) is 2.62. The number of rotatable bonds is 4. The lowest BCUT2D eigenvalue weighted by molar-refractivity contribution is 0.0607. The van der Waals surface area contributed by atoms with E-state index in [1.54, 1.807) is 12.3 Å². The van der Waals surface area contributed by atoms with Crippen molar-refractivity contribution in [3.63, 3.8) is 0 Å². The first-order valence-corrected chi connectivity index (χ1v) is 8.09. The lowest BCUT2D eigenvalue weighted by Gasteiger charge is -2.35. The first-order chi connectivity index (χ1) is 10.5. The Balaban J connectivity index is 2.17. The molecule has 1 unspecified atom stereocenters. The number of nitrogens with one attached hydrogen (secondary N) is 1. The fourth-order valence-electron chi connectivity index (χ4n) is 2.88. The average Bonchev–Trinajstić information content (AvgIpc) is 2.53. The molecule has 0 spiro atoms. The number of pyridine rings is 1. The average molecular weight is 303 g/mol. The highest BCUT2D eigenvalue weighted by Gasteiger charge is 2.26. The minimum Gasteiger partial charge on any atom is -0.350 e. The van der Waals surface area contributed by atoms with E-state index in [-0.39, 0.29) is 17.9 Å². The number of hydrogen-bond donors (Lipinski definition) is 1. The fraction of sp³-hybridized carbons (Fsp3) is 0.588. The molecule has 0 aromatic carbocycles. The van der Waals surface area contributed by atoms with E-state index in [0.29, 0.717) is 17.2 Å². The summed E-state index contributed by atoms with van der Waals surface area (Å²) >= 11 is 0. The molecule has 120 valence electrons. The largest absolute Gasteiger partial charge is 0.350 e. The molecule has 2 rings (SSSR count). The van der Waals surface area contributed by atoms with Crippen molar-refractivity contribution >= 4 is 11.8 Å². The van der Waals surface area contributed by atoms with Gasteiger partial charge in [-0.3, -0.25) is 14.6 Å². The van der Waals surface area contributed by atoms with E-state index in [9.17, 15) is 9.59 Å². The van der Waals surface area contributed by atoms with Crippen LogP contribution in [0.1, 0.15) is 67.2 Å². The molecule has 2 amide bonds. The zero-order chi connectivity index (χ0) is 16.1. The second-order valence-electron chi connectivity index (χ2n) is 6.15. The summed E-state index contributed by atoms with van der Waals surface area (Å²) in [5, 5.41) is 2.82. The van der Waals surface area contributed by atoms with Crippen molar-refractivity contribution in [1.29, 1.82) is 0 Å². The number of nitrogens with zero attached hydrogens (tertiary/aromatic N) is 2. The van der Waals surface area contributed by atoms with Gasteiger partial charge in [-0.25, -0.2) is 0 Å². The number of carbonyl (C=O) groups is 2. The van der Waals surface area contributed by atoms with Gasteiger partial charge in [0.2, 0.25) is 0 Å². The van der Waals surface area contributed by atoms with Gasteiger partial charge < -0.3 is 10.2 Å². The molecule has 5 nitrogen and oxygen atoms in total.